The van der Waals surface area contributed by atoms with Crippen molar-refractivity contribution in [1.82, 2.24) is 40.1 Å². The first-order chi connectivity index (χ1) is 32.0. The molecule has 0 bridgehead atoms. The second-order valence-electron chi connectivity index (χ2n) is 16.1. The number of carbonyl (C=O) groups excluding carboxylic acids is 4. The molecule has 8 aromatic rings. The molecule has 4 aromatic carbocycles. The maximum absolute atomic E-state index is 12.6. The van der Waals surface area contributed by atoms with Gasteiger partial charge in [-0.3, -0.25) is 23.7 Å². The Labute approximate surface area is 379 Å². The molecule has 0 unspecified atom stereocenters. The van der Waals surface area contributed by atoms with Crippen LogP contribution in [0.1, 0.15) is 36.8 Å². The maximum Gasteiger partial charge on any atom is 0.306 e. The van der Waals surface area contributed by atoms with Crippen molar-refractivity contribution in [3.8, 4) is 23.0 Å². The third-order valence-corrected chi connectivity index (χ3v) is 11.5. The van der Waals surface area contributed by atoms with Crippen molar-refractivity contribution in [2.24, 2.45) is 0 Å². The number of fused-ring (bicyclic) bond motifs is 2. The van der Waals surface area contributed by atoms with Crippen LogP contribution in [0.25, 0.3) is 45.1 Å². The van der Waals surface area contributed by atoms with Crippen molar-refractivity contribution in [2.75, 3.05) is 17.2 Å². The lowest BCUT2D eigenvalue weighted by molar-refractivity contribution is -0.146. The molecule has 2 amide bonds. The molecule has 0 aliphatic rings. The van der Waals surface area contributed by atoms with E-state index in [1.807, 2.05) is 114 Å². The van der Waals surface area contributed by atoms with E-state index in [1.165, 1.54) is 0 Å². The number of hydrogen-bond donors (Lipinski definition) is 3. The Morgan fingerprint density at radius 1 is 0.621 bits per heavy atom. The zero-order chi connectivity index (χ0) is 46.3. The number of benzene rings is 4. The summed E-state index contributed by atoms with van der Waals surface area (Å²) >= 11 is 0. The molecule has 4 heterocycles. The number of ether oxygens (including phenoxy) is 3. The van der Waals surface area contributed by atoms with E-state index in [0.717, 1.165) is 39.2 Å². The number of para-hydroxylation sites is 4. The normalized spacial score (nSPS) is 11.2. The van der Waals surface area contributed by atoms with Crippen LogP contribution in [0.15, 0.2) is 118 Å². The Balaban J connectivity index is 0.000000202. The summed E-state index contributed by atoms with van der Waals surface area (Å²) in [5.41, 5.74) is 5.53. The number of aromatic amines is 1. The summed E-state index contributed by atoms with van der Waals surface area (Å²) in [6.07, 6.45) is -0.247. The molecule has 0 fully saturated rings. The molecule has 0 saturated carbocycles. The molecule has 0 aliphatic carbocycles. The summed E-state index contributed by atoms with van der Waals surface area (Å²) < 4.78 is 27.9. The number of aromatic nitrogens is 8. The second kappa shape index (κ2) is 22.2. The van der Waals surface area contributed by atoms with Gasteiger partial charge < -0.3 is 29.8 Å². The summed E-state index contributed by atoms with van der Waals surface area (Å²) in [7, 11) is -1.23. The molecule has 20 heteroatoms. The Bertz CT molecular complexity index is 2840. The standard InChI is InChI=1S/C26H31N5O5Si.C20H17N5O4/c1-37(2,3)16-15-34-18-31-21-12-8-7-11-20(21)27-26(31)24-25(30-36-29-24)28-22(32)13-14-23(33)35-17-19-9-5-4-6-10-19;26-16(10-11-17(27)28-12-13-6-2-1-3-7-13)23-20-18(24-29-25-20)19-21-14-8-4-5-9-15(14)22-19/h4-12H,13-18H2,1-3H3,(H,28,30,32);1-9H,10-12H2,(H,21,22)(H,23,25,26). The van der Waals surface area contributed by atoms with Gasteiger partial charge in [0.1, 0.15) is 19.9 Å². The quantitative estimate of drug-likeness (QED) is 0.0396. The van der Waals surface area contributed by atoms with E-state index in [9.17, 15) is 19.2 Å². The summed E-state index contributed by atoms with van der Waals surface area (Å²) in [6, 6.07) is 34.9. The van der Waals surface area contributed by atoms with Gasteiger partial charge in [-0.05, 0) is 62.1 Å². The molecule has 340 valence electrons. The van der Waals surface area contributed by atoms with Gasteiger partial charge in [0.2, 0.25) is 23.5 Å². The molecule has 0 aliphatic heterocycles. The van der Waals surface area contributed by atoms with E-state index >= 15 is 0 Å². The predicted molar refractivity (Wildman–Crippen MR) is 245 cm³/mol. The van der Waals surface area contributed by atoms with Crippen molar-refractivity contribution in [3.63, 3.8) is 0 Å². The van der Waals surface area contributed by atoms with Crippen LogP contribution in [0.3, 0.4) is 0 Å². The van der Waals surface area contributed by atoms with Gasteiger partial charge in [0.25, 0.3) is 0 Å². The van der Waals surface area contributed by atoms with Gasteiger partial charge in [-0.2, -0.15) is 0 Å². The smallest absolute Gasteiger partial charge is 0.306 e. The monoisotopic (exact) mass is 912 g/mol. The highest BCUT2D eigenvalue weighted by Crippen LogP contribution is 2.29. The summed E-state index contributed by atoms with van der Waals surface area (Å²) in [4.78, 5) is 60.8. The molecule has 3 N–H and O–H groups in total. The zero-order valence-corrected chi connectivity index (χ0v) is 37.6. The number of H-pyrrole nitrogens is 1. The number of hydrogen-bond acceptors (Lipinski definition) is 15. The van der Waals surface area contributed by atoms with E-state index in [0.29, 0.717) is 18.3 Å². The minimum Gasteiger partial charge on any atom is -0.461 e. The lowest BCUT2D eigenvalue weighted by Gasteiger charge is -2.16. The Morgan fingerprint density at radius 3 is 1.74 bits per heavy atom. The molecule has 0 atom stereocenters. The van der Waals surface area contributed by atoms with Crippen LogP contribution in [0.2, 0.25) is 25.7 Å². The third kappa shape index (κ3) is 13.1. The summed E-state index contributed by atoms with van der Waals surface area (Å²) in [6.45, 7) is 8.14. The van der Waals surface area contributed by atoms with Crippen LogP contribution in [0.5, 0.6) is 0 Å². The van der Waals surface area contributed by atoms with Gasteiger partial charge in [0.05, 0.1) is 34.9 Å². The SMILES string of the molecule is C[Si](C)(C)CCOCn1c(-c2nonc2NC(=O)CCC(=O)OCc2ccccc2)nc2ccccc21.O=C(CCC(=O)OCc1ccccc1)Nc1nonc1-c1nc2ccccc2[nH]1. The van der Waals surface area contributed by atoms with Gasteiger partial charge in [-0.1, -0.05) is 105 Å². The molecule has 0 radical (unpaired) electrons. The number of nitrogens with one attached hydrogen (secondary N) is 3. The largest absolute Gasteiger partial charge is 0.461 e. The molecule has 19 nitrogen and oxygen atoms in total. The summed E-state index contributed by atoms with van der Waals surface area (Å²) in [5.74, 6) is -0.599. The van der Waals surface area contributed by atoms with E-state index in [2.05, 4.69) is 65.9 Å². The molecule has 66 heavy (non-hydrogen) atoms. The minimum absolute atomic E-state index is 0.0517. The van der Waals surface area contributed by atoms with Crippen LogP contribution in [-0.2, 0) is 53.3 Å². The average molecular weight is 913 g/mol. The average Bonchev–Trinajstić information content (AvgIpc) is 4.14. The lowest BCUT2D eigenvalue weighted by Crippen LogP contribution is -2.22. The Hall–Kier alpha value is -7.84. The van der Waals surface area contributed by atoms with E-state index in [-0.39, 0.29) is 68.7 Å². The fourth-order valence-corrected chi connectivity index (χ4v) is 7.03. The number of anilines is 2. The third-order valence-electron chi connectivity index (χ3n) is 9.79. The number of esters is 2. The fourth-order valence-electron chi connectivity index (χ4n) is 6.27. The van der Waals surface area contributed by atoms with Crippen LogP contribution in [0, 0.1) is 0 Å². The highest BCUT2D eigenvalue weighted by molar-refractivity contribution is 6.76. The number of nitrogens with zero attached hydrogens (tertiary/aromatic N) is 7. The van der Waals surface area contributed by atoms with Crippen LogP contribution >= 0.6 is 0 Å². The molecule has 8 rings (SSSR count). The number of rotatable bonds is 19. The molecule has 0 saturated heterocycles. The van der Waals surface area contributed by atoms with Gasteiger partial charge in [-0.15, -0.1) is 0 Å². The van der Waals surface area contributed by atoms with Gasteiger partial charge in [0, 0.05) is 27.5 Å². The molecule has 4 aromatic heterocycles. The highest BCUT2D eigenvalue weighted by atomic mass is 28.3. The highest BCUT2D eigenvalue weighted by Gasteiger charge is 2.23. The van der Waals surface area contributed by atoms with Crippen LogP contribution in [0.4, 0.5) is 11.6 Å². The first-order valence-electron chi connectivity index (χ1n) is 21.1. The molecule has 0 spiro atoms. The molecular formula is C46H48N10O9Si. The topological polar surface area (TPSA) is 244 Å². The van der Waals surface area contributed by atoms with Crippen molar-refractivity contribution in [2.45, 2.75) is 71.3 Å². The maximum atomic E-state index is 12.6. The first kappa shape index (κ1) is 46.2. The van der Waals surface area contributed by atoms with Crippen LogP contribution < -0.4 is 10.6 Å². The molecular weight excluding hydrogens is 865 g/mol. The van der Waals surface area contributed by atoms with Crippen molar-refractivity contribution >= 4 is 65.5 Å². The fraction of sp³-hybridized carbons (Fsp3) is 0.261. The zero-order valence-electron chi connectivity index (χ0n) is 36.6. The number of carbonyl (C=O) groups is 4. The minimum atomic E-state index is -1.23. The van der Waals surface area contributed by atoms with Crippen molar-refractivity contribution < 1.29 is 42.6 Å². The van der Waals surface area contributed by atoms with E-state index in [1.54, 1.807) is 0 Å². The first-order valence-corrected chi connectivity index (χ1v) is 24.8. The Morgan fingerprint density at radius 2 is 1.15 bits per heavy atom. The van der Waals surface area contributed by atoms with Crippen LogP contribution in [-0.4, -0.2) is 78.6 Å². The van der Waals surface area contributed by atoms with E-state index in [4.69, 9.17) is 23.5 Å². The number of amides is 2. The second-order valence-corrected chi connectivity index (χ2v) is 21.7. The predicted octanol–water partition coefficient (Wildman–Crippen LogP) is 7.94. The van der Waals surface area contributed by atoms with E-state index < -0.39 is 31.8 Å². The van der Waals surface area contributed by atoms with Gasteiger partial charge in [-0.25, -0.2) is 19.2 Å². The van der Waals surface area contributed by atoms with Gasteiger partial charge >= 0.3 is 11.9 Å². The Kier molecular flexibility index (Phi) is 15.5. The summed E-state index contributed by atoms with van der Waals surface area (Å²) in [5, 5.41) is 20.6. The van der Waals surface area contributed by atoms with Crippen molar-refractivity contribution in [3.05, 3.63) is 120 Å². The lowest BCUT2D eigenvalue weighted by atomic mass is 10.2. The van der Waals surface area contributed by atoms with Gasteiger partial charge in [0.15, 0.2) is 23.0 Å². The number of imidazole rings is 2. The van der Waals surface area contributed by atoms with Crippen molar-refractivity contribution in [1.29, 1.82) is 0 Å².